The zero-order valence-electron chi connectivity index (χ0n) is 8.10. The smallest absolute Gasteiger partial charge is 0.360 e. The molecule has 0 amide bonds. The lowest BCUT2D eigenvalue weighted by molar-refractivity contribution is 0.0514. The van der Waals surface area contributed by atoms with E-state index >= 15 is 0 Å². The highest BCUT2D eigenvalue weighted by molar-refractivity contribution is 7.08. The van der Waals surface area contributed by atoms with Crippen molar-refractivity contribution in [3.8, 4) is 11.3 Å². The zero-order valence-corrected chi connectivity index (χ0v) is 8.91. The number of thiophene rings is 1. The monoisotopic (exact) mass is 223 g/mol. The van der Waals surface area contributed by atoms with E-state index in [1.54, 1.807) is 24.3 Å². The number of aromatic nitrogens is 1. The van der Waals surface area contributed by atoms with Crippen LogP contribution in [0.3, 0.4) is 0 Å². The van der Waals surface area contributed by atoms with Gasteiger partial charge in [0.2, 0.25) is 0 Å². The van der Waals surface area contributed by atoms with Gasteiger partial charge in [-0.05, 0) is 18.4 Å². The van der Waals surface area contributed by atoms with E-state index in [1.807, 2.05) is 16.8 Å². The first-order valence-corrected chi connectivity index (χ1v) is 5.42. The van der Waals surface area contributed by atoms with E-state index in [4.69, 9.17) is 9.26 Å². The highest BCUT2D eigenvalue weighted by Gasteiger charge is 2.14. The van der Waals surface area contributed by atoms with Gasteiger partial charge in [0.05, 0.1) is 6.61 Å². The SMILES string of the molecule is CCOC(=O)c1cc(-c2ccsc2)on1. The fourth-order valence-corrected chi connectivity index (χ4v) is 1.76. The molecule has 2 heterocycles. The van der Waals surface area contributed by atoms with Gasteiger partial charge < -0.3 is 9.26 Å². The van der Waals surface area contributed by atoms with Gasteiger partial charge in [0.15, 0.2) is 11.5 Å². The van der Waals surface area contributed by atoms with E-state index in [-0.39, 0.29) is 5.69 Å². The number of hydrogen-bond acceptors (Lipinski definition) is 5. The van der Waals surface area contributed by atoms with Crippen molar-refractivity contribution in [2.75, 3.05) is 6.61 Å². The van der Waals surface area contributed by atoms with Crippen LogP contribution in [0, 0.1) is 0 Å². The summed E-state index contributed by atoms with van der Waals surface area (Å²) in [4.78, 5) is 11.3. The topological polar surface area (TPSA) is 52.3 Å². The zero-order chi connectivity index (χ0) is 10.7. The third-order valence-corrected chi connectivity index (χ3v) is 2.48. The van der Waals surface area contributed by atoms with Gasteiger partial charge in [-0.2, -0.15) is 11.3 Å². The molecule has 0 unspecified atom stereocenters. The Balaban J connectivity index is 2.21. The van der Waals surface area contributed by atoms with Crippen LogP contribution in [0.2, 0.25) is 0 Å². The molecule has 5 heteroatoms. The molecule has 0 fully saturated rings. The van der Waals surface area contributed by atoms with Crippen LogP contribution < -0.4 is 0 Å². The first-order valence-electron chi connectivity index (χ1n) is 4.47. The molecule has 0 spiro atoms. The Hall–Kier alpha value is -1.62. The summed E-state index contributed by atoms with van der Waals surface area (Å²) in [7, 11) is 0. The van der Waals surface area contributed by atoms with E-state index in [2.05, 4.69) is 5.16 Å². The molecule has 0 saturated heterocycles. The summed E-state index contributed by atoms with van der Waals surface area (Å²) in [5, 5.41) is 7.50. The van der Waals surface area contributed by atoms with Gasteiger partial charge in [0, 0.05) is 17.0 Å². The van der Waals surface area contributed by atoms with Crippen LogP contribution in [0.4, 0.5) is 0 Å². The standard InChI is InChI=1S/C10H9NO3S/c1-2-13-10(12)8-5-9(14-11-8)7-3-4-15-6-7/h3-6H,2H2,1H3. The van der Waals surface area contributed by atoms with E-state index in [1.165, 1.54) is 0 Å². The maximum absolute atomic E-state index is 11.3. The minimum atomic E-state index is -0.456. The van der Waals surface area contributed by atoms with Gasteiger partial charge in [0.1, 0.15) is 0 Å². The van der Waals surface area contributed by atoms with Crippen LogP contribution in [0.15, 0.2) is 27.4 Å². The molecule has 0 aromatic carbocycles. The Bertz CT molecular complexity index is 447. The minimum Gasteiger partial charge on any atom is -0.461 e. The summed E-state index contributed by atoms with van der Waals surface area (Å²) < 4.78 is 9.83. The molecule has 0 atom stereocenters. The quantitative estimate of drug-likeness (QED) is 0.750. The molecule has 0 aliphatic heterocycles. The molecule has 2 aromatic rings. The molecule has 0 radical (unpaired) electrons. The molecule has 15 heavy (non-hydrogen) atoms. The molecule has 0 saturated carbocycles. The van der Waals surface area contributed by atoms with Crippen molar-refractivity contribution in [1.29, 1.82) is 0 Å². The Morgan fingerprint density at radius 1 is 1.67 bits per heavy atom. The number of carbonyl (C=O) groups excluding carboxylic acids is 1. The third kappa shape index (κ3) is 2.07. The van der Waals surface area contributed by atoms with E-state index in [9.17, 15) is 4.79 Å². The number of ether oxygens (including phenoxy) is 1. The summed E-state index contributed by atoms with van der Waals surface area (Å²) >= 11 is 1.56. The number of hydrogen-bond donors (Lipinski definition) is 0. The predicted octanol–water partition coefficient (Wildman–Crippen LogP) is 2.58. The first kappa shape index (κ1) is 9.92. The number of nitrogens with zero attached hydrogens (tertiary/aromatic N) is 1. The van der Waals surface area contributed by atoms with Crippen molar-refractivity contribution in [3.63, 3.8) is 0 Å². The summed E-state index contributed by atoms with van der Waals surface area (Å²) in [5.41, 5.74) is 1.13. The van der Waals surface area contributed by atoms with Crippen molar-refractivity contribution in [2.24, 2.45) is 0 Å². The Morgan fingerprint density at radius 2 is 2.53 bits per heavy atom. The summed E-state index contributed by atoms with van der Waals surface area (Å²) in [6.07, 6.45) is 0. The third-order valence-electron chi connectivity index (χ3n) is 1.80. The minimum absolute atomic E-state index is 0.207. The predicted molar refractivity (Wildman–Crippen MR) is 55.8 cm³/mol. The van der Waals surface area contributed by atoms with Crippen LogP contribution in [0.1, 0.15) is 17.4 Å². The van der Waals surface area contributed by atoms with Crippen LogP contribution >= 0.6 is 11.3 Å². The lowest BCUT2D eigenvalue weighted by atomic mass is 10.2. The van der Waals surface area contributed by atoms with Gasteiger partial charge in [-0.25, -0.2) is 4.79 Å². The lowest BCUT2D eigenvalue weighted by Gasteiger charge is -1.94. The van der Waals surface area contributed by atoms with Gasteiger partial charge in [0.25, 0.3) is 0 Å². The highest BCUT2D eigenvalue weighted by atomic mass is 32.1. The van der Waals surface area contributed by atoms with Crippen molar-refractivity contribution in [3.05, 3.63) is 28.6 Å². The number of carbonyl (C=O) groups is 1. The molecule has 78 valence electrons. The van der Waals surface area contributed by atoms with Crippen molar-refractivity contribution in [1.82, 2.24) is 5.16 Å². The van der Waals surface area contributed by atoms with E-state index in [0.29, 0.717) is 12.4 Å². The normalized spacial score (nSPS) is 10.2. The average molecular weight is 223 g/mol. The fourth-order valence-electron chi connectivity index (χ4n) is 1.12. The van der Waals surface area contributed by atoms with Crippen LogP contribution in [0.25, 0.3) is 11.3 Å². The Kier molecular flexibility index (Phi) is 2.82. The summed E-state index contributed by atoms with van der Waals surface area (Å²) in [6, 6.07) is 3.49. The van der Waals surface area contributed by atoms with Crippen LogP contribution in [0.5, 0.6) is 0 Å². The van der Waals surface area contributed by atoms with Gasteiger partial charge in [-0.3, -0.25) is 0 Å². The Labute approximate surface area is 90.5 Å². The number of rotatable bonds is 3. The molecule has 0 N–H and O–H groups in total. The van der Waals surface area contributed by atoms with Crippen LogP contribution in [-0.2, 0) is 4.74 Å². The van der Waals surface area contributed by atoms with Gasteiger partial charge in [-0.1, -0.05) is 5.16 Å². The molecule has 0 aliphatic rings. The molecular formula is C10H9NO3S. The maximum atomic E-state index is 11.3. The van der Waals surface area contributed by atoms with Gasteiger partial charge >= 0.3 is 5.97 Å². The van der Waals surface area contributed by atoms with Crippen LogP contribution in [-0.4, -0.2) is 17.7 Å². The van der Waals surface area contributed by atoms with Crippen molar-refractivity contribution >= 4 is 17.3 Å². The second kappa shape index (κ2) is 4.27. The highest BCUT2D eigenvalue weighted by Crippen LogP contribution is 2.22. The molecule has 0 aliphatic carbocycles. The Morgan fingerprint density at radius 3 is 3.20 bits per heavy atom. The number of esters is 1. The maximum Gasteiger partial charge on any atom is 0.360 e. The molecule has 2 aromatic heterocycles. The summed E-state index contributed by atoms with van der Waals surface area (Å²) in [5.74, 6) is 0.127. The average Bonchev–Trinajstić information content (AvgIpc) is 2.89. The largest absolute Gasteiger partial charge is 0.461 e. The molecule has 4 nitrogen and oxygen atoms in total. The first-order chi connectivity index (χ1) is 7.31. The molecular weight excluding hydrogens is 214 g/mol. The van der Waals surface area contributed by atoms with Crippen molar-refractivity contribution in [2.45, 2.75) is 6.92 Å². The second-order valence-electron chi connectivity index (χ2n) is 2.81. The van der Waals surface area contributed by atoms with E-state index < -0.39 is 5.97 Å². The van der Waals surface area contributed by atoms with Gasteiger partial charge in [-0.15, -0.1) is 0 Å². The summed E-state index contributed by atoms with van der Waals surface area (Å²) in [6.45, 7) is 2.08. The fraction of sp³-hybridized carbons (Fsp3) is 0.200. The second-order valence-corrected chi connectivity index (χ2v) is 3.59. The molecule has 0 bridgehead atoms. The van der Waals surface area contributed by atoms with Crippen molar-refractivity contribution < 1.29 is 14.1 Å². The van der Waals surface area contributed by atoms with E-state index in [0.717, 1.165) is 5.56 Å². The molecule has 2 rings (SSSR count). The lowest BCUT2D eigenvalue weighted by Crippen LogP contribution is -2.04.